The summed E-state index contributed by atoms with van der Waals surface area (Å²) in [6.07, 6.45) is 2.35. The summed E-state index contributed by atoms with van der Waals surface area (Å²) in [7, 11) is 2.20. The molecule has 1 aromatic carbocycles. The van der Waals surface area contributed by atoms with Crippen molar-refractivity contribution in [1.29, 1.82) is 0 Å². The fourth-order valence-electron chi connectivity index (χ4n) is 2.63. The van der Waals surface area contributed by atoms with Crippen molar-refractivity contribution in [3.05, 3.63) is 34.9 Å². The summed E-state index contributed by atoms with van der Waals surface area (Å²) < 4.78 is 0. The molecule has 18 heavy (non-hydrogen) atoms. The average Bonchev–Trinajstić information content (AvgIpc) is 2.36. The standard InChI is InChI=1S/C16H28N2/c1-6-15(7-2)18(5)16(11-17)14-9-8-12(3)13(4)10-14/h8-10,15-16H,6-7,11,17H2,1-5H3. The molecule has 1 aromatic rings. The molecule has 102 valence electrons. The van der Waals surface area contributed by atoms with Crippen LogP contribution in [0.1, 0.15) is 49.4 Å². The second kappa shape index (κ2) is 6.91. The van der Waals surface area contributed by atoms with Gasteiger partial charge in [0.1, 0.15) is 0 Å². The summed E-state index contributed by atoms with van der Waals surface area (Å²) in [5.41, 5.74) is 10.0. The number of nitrogens with two attached hydrogens (primary N) is 1. The fraction of sp³-hybridized carbons (Fsp3) is 0.625. The molecule has 0 bridgehead atoms. The maximum Gasteiger partial charge on any atom is 0.0470 e. The van der Waals surface area contributed by atoms with Crippen LogP contribution in [0.25, 0.3) is 0 Å². The molecule has 1 rings (SSSR count). The zero-order chi connectivity index (χ0) is 13.7. The second-order valence-electron chi connectivity index (χ2n) is 5.23. The van der Waals surface area contributed by atoms with Gasteiger partial charge in [0.15, 0.2) is 0 Å². The Morgan fingerprint density at radius 1 is 1.11 bits per heavy atom. The number of rotatable bonds is 6. The number of likely N-dealkylation sites (N-methyl/N-ethyl adjacent to an activating group) is 1. The minimum Gasteiger partial charge on any atom is -0.329 e. The van der Waals surface area contributed by atoms with E-state index in [0.717, 1.165) is 0 Å². The molecular formula is C16H28N2. The van der Waals surface area contributed by atoms with Crippen LogP contribution in [0.15, 0.2) is 18.2 Å². The van der Waals surface area contributed by atoms with Crippen LogP contribution >= 0.6 is 0 Å². The predicted molar refractivity (Wildman–Crippen MR) is 79.8 cm³/mol. The Morgan fingerprint density at radius 2 is 1.72 bits per heavy atom. The molecule has 0 aromatic heterocycles. The lowest BCUT2D eigenvalue weighted by atomic mass is 9.98. The van der Waals surface area contributed by atoms with E-state index in [4.69, 9.17) is 5.73 Å². The van der Waals surface area contributed by atoms with Crippen molar-refractivity contribution in [2.75, 3.05) is 13.6 Å². The largest absolute Gasteiger partial charge is 0.329 e. The normalized spacial score (nSPS) is 13.3. The maximum atomic E-state index is 6.00. The Bertz CT molecular complexity index is 369. The molecular weight excluding hydrogens is 220 g/mol. The van der Waals surface area contributed by atoms with E-state index in [-0.39, 0.29) is 0 Å². The average molecular weight is 248 g/mol. The lowest BCUT2D eigenvalue weighted by molar-refractivity contribution is 0.167. The van der Waals surface area contributed by atoms with E-state index < -0.39 is 0 Å². The van der Waals surface area contributed by atoms with Gasteiger partial charge in [0.2, 0.25) is 0 Å². The van der Waals surface area contributed by atoms with E-state index >= 15 is 0 Å². The molecule has 0 saturated carbocycles. The van der Waals surface area contributed by atoms with Crippen molar-refractivity contribution in [2.45, 2.75) is 52.6 Å². The zero-order valence-electron chi connectivity index (χ0n) is 12.5. The monoisotopic (exact) mass is 248 g/mol. The van der Waals surface area contributed by atoms with Crippen molar-refractivity contribution in [3.8, 4) is 0 Å². The fourth-order valence-corrected chi connectivity index (χ4v) is 2.63. The van der Waals surface area contributed by atoms with Crippen molar-refractivity contribution in [3.63, 3.8) is 0 Å². The molecule has 0 spiro atoms. The molecule has 1 unspecified atom stereocenters. The molecule has 0 aliphatic carbocycles. The van der Waals surface area contributed by atoms with Crippen molar-refractivity contribution in [1.82, 2.24) is 4.90 Å². The van der Waals surface area contributed by atoms with Gasteiger partial charge in [-0.25, -0.2) is 0 Å². The van der Waals surface area contributed by atoms with Crippen LogP contribution in [0.5, 0.6) is 0 Å². The van der Waals surface area contributed by atoms with Crippen LogP contribution in [0, 0.1) is 13.8 Å². The first-order valence-corrected chi connectivity index (χ1v) is 7.04. The number of aryl methyl sites for hydroxylation is 2. The van der Waals surface area contributed by atoms with Gasteiger partial charge in [-0.05, 0) is 50.4 Å². The quantitative estimate of drug-likeness (QED) is 0.836. The summed E-state index contributed by atoms with van der Waals surface area (Å²) in [4.78, 5) is 2.43. The smallest absolute Gasteiger partial charge is 0.0470 e. The highest BCUT2D eigenvalue weighted by Gasteiger charge is 2.21. The summed E-state index contributed by atoms with van der Waals surface area (Å²) in [5.74, 6) is 0. The van der Waals surface area contributed by atoms with Gasteiger partial charge < -0.3 is 5.73 Å². The van der Waals surface area contributed by atoms with Gasteiger partial charge in [0.05, 0.1) is 0 Å². The van der Waals surface area contributed by atoms with Gasteiger partial charge >= 0.3 is 0 Å². The van der Waals surface area contributed by atoms with E-state index in [2.05, 4.69) is 57.8 Å². The van der Waals surface area contributed by atoms with E-state index in [1.807, 2.05) is 0 Å². The molecule has 0 amide bonds. The molecule has 0 aliphatic heterocycles. The SMILES string of the molecule is CCC(CC)N(C)C(CN)c1ccc(C)c(C)c1. The third-order valence-corrected chi connectivity index (χ3v) is 4.15. The van der Waals surface area contributed by atoms with Crippen molar-refractivity contribution < 1.29 is 0 Å². The number of benzene rings is 1. The van der Waals surface area contributed by atoms with Crippen LogP contribution < -0.4 is 5.73 Å². The third-order valence-electron chi connectivity index (χ3n) is 4.15. The number of nitrogens with zero attached hydrogens (tertiary/aromatic N) is 1. The highest BCUT2D eigenvalue weighted by molar-refractivity contribution is 5.32. The van der Waals surface area contributed by atoms with E-state index in [0.29, 0.717) is 18.6 Å². The Hall–Kier alpha value is -0.860. The minimum atomic E-state index is 0.328. The molecule has 2 nitrogen and oxygen atoms in total. The highest BCUT2D eigenvalue weighted by Crippen LogP contribution is 2.24. The van der Waals surface area contributed by atoms with Crippen LogP contribution in [0.2, 0.25) is 0 Å². The van der Waals surface area contributed by atoms with Gasteiger partial charge in [0.25, 0.3) is 0 Å². The summed E-state index contributed by atoms with van der Waals surface area (Å²) in [5, 5.41) is 0. The Labute approximate surface area is 112 Å². The minimum absolute atomic E-state index is 0.328. The van der Waals surface area contributed by atoms with E-state index in [1.54, 1.807) is 0 Å². The van der Waals surface area contributed by atoms with Gasteiger partial charge in [-0.3, -0.25) is 4.90 Å². The molecule has 0 fully saturated rings. The molecule has 0 saturated heterocycles. The predicted octanol–water partition coefficient (Wildman–Crippen LogP) is 3.42. The van der Waals surface area contributed by atoms with Crippen LogP contribution in [0.3, 0.4) is 0 Å². The van der Waals surface area contributed by atoms with Gasteiger partial charge in [-0.15, -0.1) is 0 Å². The van der Waals surface area contributed by atoms with Gasteiger partial charge in [-0.2, -0.15) is 0 Å². The van der Waals surface area contributed by atoms with Crippen molar-refractivity contribution in [2.24, 2.45) is 5.73 Å². The lowest BCUT2D eigenvalue weighted by Gasteiger charge is -2.34. The first-order chi connectivity index (χ1) is 8.54. The number of hydrogen-bond donors (Lipinski definition) is 1. The van der Waals surface area contributed by atoms with Crippen LogP contribution in [-0.2, 0) is 0 Å². The van der Waals surface area contributed by atoms with Gasteiger partial charge in [-0.1, -0.05) is 32.0 Å². The first-order valence-electron chi connectivity index (χ1n) is 7.04. The van der Waals surface area contributed by atoms with Crippen LogP contribution in [0.4, 0.5) is 0 Å². The molecule has 2 heteroatoms. The van der Waals surface area contributed by atoms with E-state index in [9.17, 15) is 0 Å². The van der Waals surface area contributed by atoms with Gasteiger partial charge in [0, 0.05) is 18.6 Å². The van der Waals surface area contributed by atoms with Crippen molar-refractivity contribution >= 4 is 0 Å². The summed E-state index contributed by atoms with van der Waals surface area (Å²) in [6, 6.07) is 7.65. The molecule has 1 atom stereocenters. The molecule has 0 heterocycles. The molecule has 2 N–H and O–H groups in total. The maximum absolute atomic E-state index is 6.00. The Kier molecular flexibility index (Phi) is 5.83. The molecule has 0 aliphatic rings. The zero-order valence-corrected chi connectivity index (χ0v) is 12.5. The molecule has 0 radical (unpaired) electrons. The summed E-state index contributed by atoms with van der Waals surface area (Å²) in [6.45, 7) is 9.50. The second-order valence-corrected chi connectivity index (χ2v) is 5.23. The van der Waals surface area contributed by atoms with E-state index in [1.165, 1.54) is 29.5 Å². The lowest BCUT2D eigenvalue weighted by Crippen LogP contribution is -2.38. The third kappa shape index (κ3) is 3.33. The Morgan fingerprint density at radius 3 is 2.17 bits per heavy atom. The Balaban J connectivity index is 2.97. The highest BCUT2D eigenvalue weighted by atomic mass is 15.2. The summed E-state index contributed by atoms with van der Waals surface area (Å²) >= 11 is 0. The topological polar surface area (TPSA) is 29.3 Å². The number of hydrogen-bond acceptors (Lipinski definition) is 2. The first kappa shape index (κ1) is 15.2. The van der Waals surface area contributed by atoms with Crippen LogP contribution in [-0.4, -0.2) is 24.5 Å².